The smallest absolute Gasteiger partial charge is 0.226 e. The van der Waals surface area contributed by atoms with Crippen molar-refractivity contribution in [3.63, 3.8) is 0 Å². The molecule has 5 nitrogen and oxygen atoms in total. The summed E-state index contributed by atoms with van der Waals surface area (Å²) in [4.78, 5) is 23.8. The Balaban J connectivity index is 1.71. The van der Waals surface area contributed by atoms with E-state index in [9.17, 15) is 9.59 Å². The third-order valence-electron chi connectivity index (χ3n) is 4.30. The minimum atomic E-state index is -0.224. The van der Waals surface area contributed by atoms with E-state index in [-0.39, 0.29) is 17.2 Å². The summed E-state index contributed by atoms with van der Waals surface area (Å²) < 4.78 is 0. The Labute approximate surface area is 114 Å². The second-order valence-electron chi connectivity index (χ2n) is 5.73. The molecule has 1 aliphatic heterocycles. The van der Waals surface area contributed by atoms with Crippen LogP contribution in [-0.4, -0.2) is 37.5 Å². The number of hydrogen-bond acceptors (Lipinski definition) is 3. The maximum atomic E-state index is 12.3. The Kier molecular flexibility index (Phi) is 4.80. The van der Waals surface area contributed by atoms with Gasteiger partial charge < -0.3 is 16.0 Å². The summed E-state index contributed by atoms with van der Waals surface area (Å²) >= 11 is 0. The molecule has 1 aliphatic carbocycles. The fourth-order valence-electron chi connectivity index (χ4n) is 2.65. The van der Waals surface area contributed by atoms with Crippen molar-refractivity contribution in [1.82, 2.24) is 16.0 Å². The van der Waals surface area contributed by atoms with Gasteiger partial charge >= 0.3 is 0 Å². The molecule has 2 aliphatic rings. The topological polar surface area (TPSA) is 70.2 Å². The van der Waals surface area contributed by atoms with Crippen molar-refractivity contribution >= 4 is 11.8 Å². The second-order valence-corrected chi connectivity index (χ2v) is 5.73. The van der Waals surface area contributed by atoms with Crippen molar-refractivity contribution in [3.8, 4) is 0 Å². The van der Waals surface area contributed by atoms with Crippen molar-refractivity contribution < 1.29 is 9.59 Å². The number of carbonyl (C=O) groups excluding carboxylic acids is 2. The second kappa shape index (κ2) is 6.37. The molecule has 2 fully saturated rings. The van der Waals surface area contributed by atoms with Gasteiger partial charge in [0.2, 0.25) is 11.8 Å². The number of rotatable bonds is 6. The van der Waals surface area contributed by atoms with Gasteiger partial charge in [-0.3, -0.25) is 9.59 Å². The van der Waals surface area contributed by atoms with Crippen LogP contribution in [0.3, 0.4) is 0 Å². The Hall–Kier alpha value is -1.10. The van der Waals surface area contributed by atoms with Crippen LogP contribution in [0.5, 0.6) is 0 Å². The molecule has 19 heavy (non-hydrogen) atoms. The predicted octanol–water partition coefficient (Wildman–Crippen LogP) is 0.551. The van der Waals surface area contributed by atoms with Gasteiger partial charge in [0, 0.05) is 19.0 Å². The minimum absolute atomic E-state index is 0.0543. The predicted molar refractivity (Wildman–Crippen MR) is 73.6 cm³/mol. The van der Waals surface area contributed by atoms with Gasteiger partial charge in [-0.25, -0.2) is 0 Å². The van der Waals surface area contributed by atoms with Crippen molar-refractivity contribution in [2.75, 3.05) is 19.6 Å². The molecule has 0 radical (unpaired) electrons. The van der Waals surface area contributed by atoms with Gasteiger partial charge in [0.15, 0.2) is 0 Å². The third kappa shape index (κ3) is 3.93. The van der Waals surface area contributed by atoms with Gasteiger partial charge in [-0.1, -0.05) is 6.92 Å². The quantitative estimate of drug-likeness (QED) is 0.658. The highest BCUT2D eigenvalue weighted by atomic mass is 16.2. The van der Waals surface area contributed by atoms with E-state index in [2.05, 4.69) is 22.9 Å². The lowest BCUT2D eigenvalue weighted by atomic mass is 9.76. The molecule has 1 heterocycles. The third-order valence-corrected chi connectivity index (χ3v) is 4.30. The van der Waals surface area contributed by atoms with Crippen molar-refractivity contribution in [2.24, 2.45) is 5.41 Å². The maximum absolute atomic E-state index is 12.3. The van der Waals surface area contributed by atoms with Gasteiger partial charge in [0.1, 0.15) is 0 Å². The van der Waals surface area contributed by atoms with Crippen LogP contribution in [0.15, 0.2) is 0 Å². The molecule has 0 spiro atoms. The van der Waals surface area contributed by atoms with Gasteiger partial charge in [0.05, 0.1) is 5.41 Å². The Morgan fingerprint density at radius 1 is 1.26 bits per heavy atom. The molecule has 0 aromatic heterocycles. The Morgan fingerprint density at radius 3 is 2.53 bits per heavy atom. The number of amides is 2. The van der Waals surface area contributed by atoms with E-state index in [1.807, 2.05) is 0 Å². The molecule has 0 unspecified atom stereocenters. The fraction of sp³-hybridized carbons (Fsp3) is 0.857. The maximum Gasteiger partial charge on any atom is 0.226 e. The van der Waals surface area contributed by atoms with Crippen LogP contribution < -0.4 is 16.0 Å². The lowest BCUT2D eigenvalue weighted by molar-refractivity contribution is -0.133. The average Bonchev–Trinajstić information content (AvgIpc) is 3.23. The van der Waals surface area contributed by atoms with E-state index in [0.717, 1.165) is 45.2 Å². The van der Waals surface area contributed by atoms with Crippen LogP contribution in [0.25, 0.3) is 0 Å². The van der Waals surface area contributed by atoms with E-state index in [1.165, 1.54) is 0 Å². The molecule has 0 aromatic carbocycles. The number of piperidine rings is 1. The molecular weight excluding hydrogens is 242 g/mol. The number of hydrogen-bond donors (Lipinski definition) is 3. The highest BCUT2D eigenvalue weighted by Gasteiger charge is 2.37. The summed E-state index contributed by atoms with van der Waals surface area (Å²) in [5.41, 5.74) is -0.224. The van der Waals surface area contributed by atoms with Gasteiger partial charge in [0.25, 0.3) is 0 Å². The first-order valence-corrected chi connectivity index (χ1v) is 7.45. The first kappa shape index (κ1) is 14.3. The van der Waals surface area contributed by atoms with E-state index in [0.29, 0.717) is 19.0 Å². The normalized spacial score (nSPS) is 21.7. The van der Waals surface area contributed by atoms with Crippen LogP contribution in [0, 0.1) is 5.41 Å². The largest absolute Gasteiger partial charge is 0.355 e. The van der Waals surface area contributed by atoms with Crippen LogP contribution in [-0.2, 0) is 9.59 Å². The molecule has 2 rings (SSSR count). The zero-order chi connectivity index (χ0) is 13.7. The lowest BCUT2D eigenvalue weighted by Gasteiger charge is -2.35. The van der Waals surface area contributed by atoms with E-state index < -0.39 is 0 Å². The van der Waals surface area contributed by atoms with E-state index >= 15 is 0 Å². The summed E-state index contributed by atoms with van der Waals surface area (Å²) in [5, 5.41) is 9.16. The molecule has 1 saturated carbocycles. The summed E-state index contributed by atoms with van der Waals surface area (Å²) in [5.74, 6) is 0.175. The monoisotopic (exact) mass is 267 g/mol. The lowest BCUT2D eigenvalue weighted by Crippen LogP contribution is -2.47. The SMILES string of the molecule is CCC1(C(=O)NCCC(=O)NC2CC2)CCNCC1. The first-order valence-electron chi connectivity index (χ1n) is 7.45. The first-order chi connectivity index (χ1) is 9.16. The van der Waals surface area contributed by atoms with Crippen LogP contribution in [0.4, 0.5) is 0 Å². The Morgan fingerprint density at radius 2 is 1.95 bits per heavy atom. The molecule has 2 amide bonds. The molecule has 108 valence electrons. The highest BCUT2D eigenvalue weighted by molar-refractivity contribution is 5.83. The standard InChI is InChI=1S/C14H25N3O2/c1-2-14(6-9-15-10-7-14)13(19)16-8-5-12(18)17-11-3-4-11/h11,15H,2-10H2,1H3,(H,16,19)(H,17,18). The zero-order valence-electron chi connectivity index (χ0n) is 11.8. The average molecular weight is 267 g/mol. The van der Waals surface area contributed by atoms with Crippen LogP contribution in [0.2, 0.25) is 0 Å². The van der Waals surface area contributed by atoms with Gasteiger partial charge in [-0.15, -0.1) is 0 Å². The minimum Gasteiger partial charge on any atom is -0.355 e. The molecule has 0 aromatic rings. The molecule has 0 atom stereocenters. The summed E-state index contributed by atoms with van der Waals surface area (Å²) in [6.45, 7) is 4.34. The molecule has 3 N–H and O–H groups in total. The summed E-state index contributed by atoms with van der Waals surface area (Å²) in [6, 6.07) is 0.398. The Bertz CT molecular complexity index is 334. The van der Waals surface area contributed by atoms with E-state index in [4.69, 9.17) is 0 Å². The molecule has 1 saturated heterocycles. The fourth-order valence-corrected chi connectivity index (χ4v) is 2.65. The zero-order valence-corrected chi connectivity index (χ0v) is 11.8. The van der Waals surface area contributed by atoms with Gasteiger partial charge in [-0.2, -0.15) is 0 Å². The molecule has 0 bridgehead atoms. The van der Waals surface area contributed by atoms with Crippen molar-refractivity contribution in [2.45, 2.75) is 51.5 Å². The van der Waals surface area contributed by atoms with Gasteiger partial charge in [-0.05, 0) is 45.2 Å². The number of nitrogens with one attached hydrogen (secondary N) is 3. The number of carbonyl (C=O) groups is 2. The molecule has 5 heteroatoms. The van der Waals surface area contributed by atoms with Crippen molar-refractivity contribution in [1.29, 1.82) is 0 Å². The van der Waals surface area contributed by atoms with E-state index in [1.54, 1.807) is 0 Å². The summed E-state index contributed by atoms with van der Waals surface area (Å²) in [6.07, 6.45) is 5.25. The highest BCUT2D eigenvalue weighted by Crippen LogP contribution is 2.32. The van der Waals surface area contributed by atoms with Crippen LogP contribution in [0.1, 0.15) is 45.4 Å². The van der Waals surface area contributed by atoms with Crippen LogP contribution >= 0.6 is 0 Å². The summed E-state index contributed by atoms with van der Waals surface area (Å²) in [7, 11) is 0. The molecular formula is C14H25N3O2. The van der Waals surface area contributed by atoms with Crippen molar-refractivity contribution in [3.05, 3.63) is 0 Å².